The van der Waals surface area contributed by atoms with Gasteiger partial charge in [-0.15, -0.1) is 12.4 Å². The predicted molar refractivity (Wildman–Crippen MR) is 109 cm³/mol. The Labute approximate surface area is 171 Å². The summed E-state index contributed by atoms with van der Waals surface area (Å²) in [5.41, 5.74) is 1.11. The van der Waals surface area contributed by atoms with E-state index < -0.39 is 16.1 Å². The molecule has 3 rings (SSSR count). The summed E-state index contributed by atoms with van der Waals surface area (Å²) in [6.45, 7) is 1.66. The van der Waals surface area contributed by atoms with E-state index in [1.54, 1.807) is 6.07 Å². The van der Waals surface area contributed by atoms with E-state index in [0.717, 1.165) is 5.56 Å². The zero-order valence-corrected chi connectivity index (χ0v) is 16.8. The Kier molecular flexibility index (Phi) is 7.97. The number of hydrogen-bond donors (Lipinski definition) is 4. The third-order valence-corrected chi connectivity index (χ3v) is 5.94. The first-order chi connectivity index (χ1) is 13.0. The lowest BCUT2D eigenvalue weighted by Crippen LogP contribution is -2.34. The smallest absolute Gasteiger partial charge is 0.251 e. The van der Waals surface area contributed by atoms with Crippen molar-refractivity contribution in [3.8, 4) is 0 Å². The third-order valence-electron chi connectivity index (χ3n) is 4.54. The number of carbonyl (C=O) groups excluding carboxylic acids is 1. The number of aliphatic hydroxyl groups excluding tert-OH is 1. The number of rotatable bonds is 7. The van der Waals surface area contributed by atoms with Crippen LogP contribution in [0.5, 0.6) is 0 Å². The van der Waals surface area contributed by atoms with Crippen molar-refractivity contribution >= 4 is 28.3 Å². The van der Waals surface area contributed by atoms with Crippen molar-refractivity contribution in [1.29, 1.82) is 0 Å². The van der Waals surface area contributed by atoms with Crippen molar-refractivity contribution in [2.45, 2.75) is 17.5 Å². The van der Waals surface area contributed by atoms with Crippen molar-refractivity contribution in [2.24, 2.45) is 5.92 Å². The molecule has 4 N–H and O–H groups in total. The molecule has 0 spiro atoms. The van der Waals surface area contributed by atoms with Gasteiger partial charge in [-0.05, 0) is 23.8 Å². The highest BCUT2D eigenvalue weighted by atomic mass is 35.5. The first kappa shape index (κ1) is 22.3. The molecule has 2 aromatic carbocycles. The second-order valence-electron chi connectivity index (χ2n) is 6.53. The van der Waals surface area contributed by atoms with E-state index in [-0.39, 0.29) is 41.2 Å². The van der Waals surface area contributed by atoms with Gasteiger partial charge in [0.25, 0.3) is 5.91 Å². The van der Waals surface area contributed by atoms with Crippen molar-refractivity contribution in [1.82, 2.24) is 15.4 Å². The molecule has 1 aliphatic heterocycles. The SMILES string of the molecule is Cl.O=C(NCC1CNCC1O)c1cccc(S(=O)(=O)NCc2ccccc2)c1. The largest absolute Gasteiger partial charge is 0.391 e. The average molecular weight is 426 g/mol. The molecule has 0 radical (unpaired) electrons. The number of sulfonamides is 1. The molecule has 2 aromatic rings. The maximum atomic E-state index is 12.5. The van der Waals surface area contributed by atoms with Gasteiger partial charge in [-0.1, -0.05) is 36.4 Å². The van der Waals surface area contributed by atoms with Crippen molar-refractivity contribution in [2.75, 3.05) is 19.6 Å². The quantitative estimate of drug-likeness (QED) is 0.527. The monoisotopic (exact) mass is 425 g/mol. The van der Waals surface area contributed by atoms with E-state index in [4.69, 9.17) is 0 Å². The van der Waals surface area contributed by atoms with Crippen LogP contribution in [0.2, 0.25) is 0 Å². The third kappa shape index (κ3) is 5.76. The number of benzene rings is 2. The number of hydrogen-bond acceptors (Lipinski definition) is 5. The van der Waals surface area contributed by atoms with Gasteiger partial charge in [0.1, 0.15) is 0 Å². The molecule has 0 aliphatic carbocycles. The highest BCUT2D eigenvalue weighted by molar-refractivity contribution is 7.89. The van der Waals surface area contributed by atoms with Crippen LogP contribution in [-0.4, -0.2) is 45.2 Å². The molecule has 0 saturated carbocycles. The van der Waals surface area contributed by atoms with Crippen LogP contribution in [0.15, 0.2) is 59.5 Å². The minimum absolute atomic E-state index is 0. The molecule has 1 amide bonds. The van der Waals surface area contributed by atoms with Crippen molar-refractivity contribution in [3.63, 3.8) is 0 Å². The van der Waals surface area contributed by atoms with Gasteiger partial charge in [-0.2, -0.15) is 0 Å². The van der Waals surface area contributed by atoms with Gasteiger partial charge in [0.2, 0.25) is 10.0 Å². The Hall–Kier alpha value is -1.97. The number of amides is 1. The number of carbonyl (C=O) groups is 1. The Morgan fingerprint density at radius 3 is 2.54 bits per heavy atom. The van der Waals surface area contributed by atoms with Crippen LogP contribution in [0.25, 0.3) is 0 Å². The zero-order chi connectivity index (χ0) is 19.3. The van der Waals surface area contributed by atoms with Gasteiger partial charge in [-0.3, -0.25) is 4.79 Å². The Morgan fingerprint density at radius 1 is 1.11 bits per heavy atom. The second-order valence-corrected chi connectivity index (χ2v) is 8.30. The van der Waals surface area contributed by atoms with Gasteiger partial charge in [0, 0.05) is 37.7 Å². The molecule has 2 unspecified atom stereocenters. The summed E-state index contributed by atoms with van der Waals surface area (Å²) in [4.78, 5) is 12.4. The minimum Gasteiger partial charge on any atom is -0.391 e. The lowest BCUT2D eigenvalue weighted by molar-refractivity contribution is 0.0927. The molecule has 1 fully saturated rings. The first-order valence-corrected chi connectivity index (χ1v) is 10.2. The molecule has 2 atom stereocenters. The maximum Gasteiger partial charge on any atom is 0.251 e. The van der Waals surface area contributed by atoms with Crippen molar-refractivity contribution in [3.05, 3.63) is 65.7 Å². The Bertz CT molecular complexity index is 893. The number of β-amino-alcohol motifs (C(OH)–C–C–N with tert-alkyl or cyclic N) is 1. The fraction of sp³-hybridized carbons (Fsp3) is 0.316. The molecule has 7 nitrogen and oxygen atoms in total. The highest BCUT2D eigenvalue weighted by Gasteiger charge is 2.25. The summed E-state index contributed by atoms with van der Waals surface area (Å²) in [5.74, 6) is -0.414. The van der Waals surface area contributed by atoms with Gasteiger partial charge < -0.3 is 15.7 Å². The van der Waals surface area contributed by atoms with Crippen LogP contribution in [0.4, 0.5) is 0 Å². The van der Waals surface area contributed by atoms with Gasteiger partial charge in [0.15, 0.2) is 0 Å². The Balaban J connectivity index is 0.00000280. The summed E-state index contributed by atoms with van der Waals surface area (Å²) >= 11 is 0. The number of halogens is 1. The summed E-state index contributed by atoms with van der Waals surface area (Å²) < 4.78 is 27.6. The molecule has 0 bridgehead atoms. The zero-order valence-electron chi connectivity index (χ0n) is 15.2. The van der Waals surface area contributed by atoms with E-state index in [1.165, 1.54) is 18.2 Å². The molecular weight excluding hydrogens is 402 g/mol. The Morgan fingerprint density at radius 2 is 1.86 bits per heavy atom. The van der Waals surface area contributed by atoms with E-state index in [1.807, 2.05) is 30.3 Å². The van der Waals surface area contributed by atoms with Crippen molar-refractivity contribution < 1.29 is 18.3 Å². The maximum absolute atomic E-state index is 12.5. The fourth-order valence-electron chi connectivity index (χ4n) is 2.92. The average Bonchev–Trinajstić information content (AvgIpc) is 3.10. The second kappa shape index (κ2) is 9.99. The van der Waals surface area contributed by atoms with Crippen LogP contribution in [0.1, 0.15) is 15.9 Å². The van der Waals surface area contributed by atoms with Gasteiger partial charge in [0.05, 0.1) is 11.0 Å². The topological polar surface area (TPSA) is 108 Å². The van der Waals surface area contributed by atoms with E-state index in [2.05, 4.69) is 15.4 Å². The molecule has 1 saturated heterocycles. The van der Waals surface area contributed by atoms with E-state index in [0.29, 0.717) is 19.6 Å². The summed E-state index contributed by atoms with van der Waals surface area (Å²) in [7, 11) is -3.73. The molecule has 28 heavy (non-hydrogen) atoms. The minimum atomic E-state index is -3.73. The van der Waals surface area contributed by atoms with E-state index in [9.17, 15) is 18.3 Å². The van der Waals surface area contributed by atoms with Crippen LogP contribution < -0.4 is 15.4 Å². The number of nitrogens with one attached hydrogen (secondary N) is 3. The fourth-order valence-corrected chi connectivity index (χ4v) is 3.98. The number of aliphatic hydroxyl groups is 1. The summed E-state index contributed by atoms with van der Waals surface area (Å²) in [6.07, 6.45) is -0.487. The highest BCUT2D eigenvalue weighted by Crippen LogP contribution is 2.13. The molecule has 1 heterocycles. The predicted octanol–water partition coefficient (Wildman–Crippen LogP) is 0.897. The molecule has 0 aromatic heterocycles. The molecular formula is C19H24ClN3O4S. The molecule has 9 heteroatoms. The first-order valence-electron chi connectivity index (χ1n) is 8.76. The van der Waals surface area contributed by atoms with Gasteiger partial charge in [-0.25, -0.2) is 13.1 Å². The lowest BCUT2D eigenvalue weighted by atomic mass is 10.1. The van der Waals surface area contributed by atoms with E-state index >= 15 is 0 Å². The lowest BCUT2D eigenvalue weighted by Gasteiger charge is -2.14. The summed E-state index contributed by atoms with van der Waals surface area (Å²) in [6, 6.07) is 15.1. The summed E-state index contributed by atoms with van der Waals surface area (Å²) in [5, 5.41) is 15.6. The van der Waals surface area contributed by atoms with Gasteiger partial charge >= 0.3 is 0 Å². The standard InChI is InChI=1S/C19H23N3O4S.ClH/c23-18-13-20-11-16(18)12-21-19(24)15-7-4-8-17(9-15)27(25,26)22-10-14-5-2-1-3-6-14;/h1-9,16,18,20,22-23H,10-13H2,(H,21,24);1H. The van der Waals surface area contributed by atoms with Crippen LogP contribution in [0, 0.1) is 5.92 Å². The van der Waals surface area contributed by atoms with Crippen LogP contribution in [-0.2, 0) is 16.6 Å². The molecule has 1 aliphatic rings. The van der Waals surface area contributed by atoms with Crippen LogP contribution >= 0.6 is 12.4 Å². The molecule has 152 valence electrons. The van der Waals surface area contributed by atoms with Crippen LogP contribution in [0.3, 0.4) is 0 Å². The normalized spacial score (nSPS) is 19.0.